The molecular formula is C16H19ClN2O4. The van der Waals surface area contributed by atoms with E-state index in [2.05, 4.69) is 10.1 Å². The van der Waals surface area contributed by atoms with Crippen LogP contribution in [0.4, 0.5) is 0 Å². The number of carbonyl (C=O) groups is 3. The molecule has 0 aromatic heterocycles. The van der Waals surface area contributed by atoms with E-state index in [9.17, 15) is 14.4 Å². The van der Waals surface area contributed by atoms with Crippen LogP contribution in [0.3, 0.4) is 0 Å². The van der Waals surface area contributed by atoms with Crippen molar-refractivity contribution in [2.45, 2.75) is 18.9 Å². The first kappa shape index (κ1) is 17.3. The monoisotopic (exact) mass is 338 g/mol. The minimum Gasteiger partial charge on any atom is -0.469 e. The first-order valence-electron chi connectivity index (χ1n) is 7.28. The lowest BCUT2D eigenvalue weighted by Crippen LogP contribution is -2.36. The summed E-state index contributed by atoms with van der Waals surface area (Å²) in [6.07, 6.45) is 0.151. The molecule has 0 spiro atoms. The minimum atomic E-state index is -0.593. The summed E-state index contributed by atoms with van der Waals surface area (Å²) in [6.45, 7) is 0.373. The highest BCUT2D eigenvalue weighted by Gasteiger charge is 2.33. The predicted octanol–water partition coefficient (Wildman–Crippen LogP) is 1.54. The lowest BCUT2D eigenvalue weighted by molar-refractivity contribution is -0.141. The molecule has 1 N–H and O–H groups in total. The van der Waals surface area contributed by atoms with Crippen LogP contribution in [0.25, 0.3) is 0 Å². The molecular weight excluding hydrogens is 320 g/mol. The Labute approximate surface area is 139 Å². The van der Waals surface area contributed by atoms with E-state index in [1.165, 1.54) is 12.0 Å². The third-order valence-corrected chi connectivity index (χ3v) is 4.25. The van der Waals surface area contributed by atoms with Crippen LogP contribution < -0.4 is 5.32 Å². The first-order chi connectivity index (χ1) is 10.9. The average molecular weight is 339 g/mol. The number of hydrogen-bond donors (Lipinski definition) is 1. The van der Waals surface area contributed by atoms with Crippen molar-refractivity contribution in [2.75, 3.05) is 20.7 Å². The average Bonchev–Trinajstić information content (AvgIpc) is 2.86. The SMILES string of the molecule is COC(=O)C[C@@H](NC(=O)[C@@H]1CC(=O)N(C)C1)c1ccccc1Cl. The Morgan fingerprint density at radius 3 is 2.70 bits per heavy atom. The Morgan fingerprint density at radius 1 is 1.43 bits per heavy atom. The Balaban J connectivity index is 2.15. The fourth-order valence-corrected chi connectivity index (χ4v) is 2.84. The van der Waals surface area contributed by atoms with Crippen LogP contribution in [0, 0.1) is 5.92 Å². The molecule has 1 heterocycles. The molecule has 2 rings (SSSR count). The Kier molecular flexibility index (Phi) is 5.60. The van der Waals surface area contributed by atoms with Gasteiger partial charge in [0.1, 0.15) is 0 Å². The van der Waals surface area contributed by atoms with Gasteiger partial charge in [-0.2, -0.15) is 0 Å². The third kappa shape index (κ3) is 4.22. The van der Waals surface area contributed by atoms with Gasteiger partial charge in [-0.25, -0.2) is 0 Å². The Hall–Kier alpha value is -2.08. The second-order valence-electron chi connectivity index (χ2n) is 5.54. The van der Waals surface area contributed by atoms with E-state index >= 15 is 0 Å². The van der Waals surface area contributed by atoms with Gasteiger partial charge in [0.25, 0.3) is 0 Å². The summed E-state index contributed by atoms with van der Waals surface area (Å²) in [5.41, 5.74) is 0.644. The lowest BCUT2D eigenvalue weighted by atomic mass is 10.0. The quantitative estimate of drug-likeness (QED) is 0.826. The molecule has 1 saturated heterocycles. The summed E-state index contributed by atoms with van der Waals surface area (Å²) in [5.74, 6) is -1.20. The van der Waals surface area contributed by atoms with E-state index in [1.54, 1.807) is 31.3 Å². The Bertz CT molecular complexity index is 620. The molecule has 1 aromatic rings. The maximum absolute atomic E-state index is 12.4. The van der Waals surface area contributed by atoms with E-state index in [0.29, 0.717) is 17.1 Å². The molecule has 0 unspecified atom stereocenters. The van der Waals surface area contributed by atoms with Crippen molar-refractivity contribution in [1.29, 1.82) is 0 Å². The zero-order chi connectivity index (χ0) is 17.0. The number of halogens is 1. The number of nitrogens with zero attached hydrogens (tertiary/aromatic N) is 1. The summed E-state index contributed by atoms with van der Waals surface area (Å²) in [6, 6.07) is 6.41. The summed E-state index contributed by atoms with van der Waals surface area (Å²) in [5, 5.41) is 3.28. The molecule has 0 radical (unpaired) electrons. The van der Waals surface area contributed by atoms with Gasteiger partial charge in [-0.05, 0) is 11.6 Å². The summed E-state index contributed by atoms with van der Waals surface area (Å²) < 4.78 is 4.69. The van der Waals surface area contributed by atoms with Crippen LogP contribution >= 0.6 is 11.6 Å². The number of methoxy groups -OCH3 is 1. The number of hydrogen-bond acceptors (Lipinski definition) is 4. The van der Waals surface area contributed by atoms with Crippen molar-refractivity contribution in [3.05, 3.63) is 34.9 Å². The van der Waals surface area contributed by atoms with Gasteiger partial charge in [0.15, 0.2) is 0 Å². The van der Waals surface area contributed by atoms with Gasteiger partial charge >= 0.3 is 5.97 Å². The van der Waals surface area contributed by atoms with Crippen molar-refractivity contribution < 1.29 is 19.1 Å². The van der Waals surface area contributed by atoms with Gasteiger partial charge in [0, 0.05) is 25.0 Å². The first-order valence-corrected chi connectivity index (χ1v) is 7.65. The second-order valence-corrected chi connectivity index (χ2v) is 5.95. The van der Waals surface area contributed by atoms with Gasteiger partial charge < -0.3 is 15.0 Å². The number of esters is 1. The topological polar surface area (TPSA) is 75.7 Å². The number of carbonyl (C=O) groups excluding carboxylic acids is 3. The molecule has 0 bridgehead atoms. The zero-order valence-electron chi connectivity index (χ0n) is 13.0. The van der Waals surface area contributed by atoms with Crippen molar-refractivity contribution >= 4 is 29.4 Å². The van der Waals surface area contributed by atoms with Gasteiger partial charge in [-0.1, -0.05) is 29.8 Å². The summed E-state index contributed by atoms with van der Waals surface area (Å²) in [7, 11) is 2.95. The largest absolute Gasteiger partial charge is 0.469 e. The molecule has 2 amide bonds. The second kappa shape index (κ2) is 7.46. The van der Waals surface area contributed by atoms with E-state index in [0.717, 1.165) is 0 Å². The third-order valence-electron chi connectivity index (χ3n) is 3.91. The molecule has 1 aliphatic rings. The number of nitrogens with one attached hydrogen (secondary N) is 1. The van der Waals surface area contributed by atoms with Crippen LogP contribution in [-0.2, 0) is 19.1 Å². The lowest BCUT2D eigenvalue weighted by Gasteiger charge is -2.21. The van der Waals surface area contributed by atoms with E-state index < -0.39 is 17.9 Å². The Morgan fingerprint density at radius 2 is 2.13 bits per heavy atom. The minimum absolute atomic E-state index is 0.0253. The van der Waals surface area contributed by atoms with E-state index in [1.807, 2.05) is 0 Å². The van der Waals surface area contributed by atoms with Gasteiger partial charge in [-0.15, -0.1) is 0 Å². The number of ether oxygens (including phenoxy) is 1. The number of benzene rings is 1. The van der Waals surface area contributed by atoms with Crippen LogP contribution in [0.2, 0.25) is 5.02 Å². The number of amides is 2. The van der Waals surface area contributed by atoms with Crippen molar-refractivity contribution in [1.82, 2.24) is 10.2 Å². The highest BCUT2D eigenvalue weighted by molar-refractivity contribution is 6.31. The molecule has 0 saturated carbocycles. The van der Waals surface area contributed by atoms with Crippen LogP contribution in [0.15, 0.2) is 24.3 Å². The fourth-order valence-electron chi connectivity index (χ4n) is 2.58. The highest BCUT2D eigenvalue weighted by Crippen LogP contribution is 2.26. The van der Waals surface area contributed by atoms with Gasteiger partial charge in [0.2, 0.25) is 11.8 Å². The summed E-state index contributed by atoms with van der Waals surface area (Å²) >= 11 is 6.17. The van der Waals surface area contributed by atoms with E-state index in [4.69, 9.17) is 11.6 Å². The molecule has 1 aliphatic heterocycles. The van der Waals surface area contributed by atoms with Crippen molar-refractivity contribution in [3.8, 4) is 0 Å². The maximum atomic E-state index is 12.4. The standard InChI is InChI=1S/C16H19ClN2O4/c1-19-9-10(7-14(19)20)16(22)18-13(8-15(21)23-2)11-5-3-4-6-12(11)17/h3-6,10,13H,7-9H2,1-2H3,(H,18,22)/t10-,13-/m1/s1. The molecule has 1 fully saturated rings. The zero-order valence-corrected chi connectivity index (χ0v) is 13.8. The fraction of sp³-hybridized carbons (Fsp3) is 0.438. The van der Waals surface area contributed by atoms with Crippen LogP contribution in [-0.4, -0.2) is 43.4 Å². The van der Waals surface area contributed by atoms with Gasteiger partial charge in [0.05, 0.1) is 25.5 Å². The normalized spacial score (nSPS) is 18.7. The number of likely N-dealkylation sites (tertiary alicyclic amines) is 1. The molecule has 6 nitrogen and oxygen atoms in total. The molecule has 7 heteroatoms. The van der Waals surface area contributed by atoms with Crippen molar-refractivity contribution in [3.63, 3.8) is 0 Å². The van der Waals surface area contributed by atoms with Crippen LogP contribution in [0.1, 0.15) is 24.4 Å². The van der Waals surface area contributed by atoms with Crippen molar-refractivity contribution in [2.24, 2.45) is 5.92 Å². The smallest absolute Gasteiger partial charge is 0.307 e. The summed E-state index contributed by atoms with van der Waals surface area (Å²) in [4.78, 5) is 37.1. The molecule has 0 aliphatic carbocycles. The van der Waals surface area contributed by atoms with E-state index in [-0.39, 0.29) is 24.7 Å². The maximum Gasteiger partial charge on any atom is 0.307 e. The highest BCUT2D eigenvalue weighted by atomic mass is 35.5. The predicted molar refractivity (Wildman–Crippen MR) is 84.7 cm³/mol. The molecule has 1 aromatic carbocycles. The van der Waals surface area contributed by atoms with Gasteiger partial charge in [-0.3, -0.25) is 14.4 Å². The number of rotatable bonds is 5. The molecule has 2 atom stereocenters. The van der Waals surface area contributed by atoms with Crippen LogP contribution in [0.5, 0.6) is 0 Å². The molecule has 124 valence electrons. The molecule has 23 heavy (non-hydrogen) atoms.